The quantitative estimate of drug-likeness (QED) is 0.890. The van der Waals surface area contributed by atoms with Crippen LogP contribution >= 0.6 is 11.3 Å². The highest BCUT2D eigenvalue weighted by molar-refractivity contribution is 7.17. The van der Waals surface area contributed by atoms with E-state index in [0.29, 0.717) is 12.6 Å². The van der Waals surface area contributed by atoms with E-state index in [2.05, 4.69) is 10.3 Å². The molecule has 0 atom stereocenters. The molecule has 1 aliphatic heterocycles. The predicted octanol–water partition coefficient (Wildman–Crippen LogP) is 3.34. The van der Waals surface area contributed by atoms with Gasteiger partial charge < -0.3 is 15.0 Å². The minimum atomic E-state index is 0.0825. The van der Waals surface area contributed by atoms with Crippen LogP contribution in [-0.2, 0) is 0 Å². The zero-order valence-electron chi connectivity index (χ0n) is 15.0. The second-order valence-corrected chi connectivity index (χ2v) is 7.29. The van der Waals surface area contributed by atoms with Crippen LogP contribution in [0.5, 0.6) is 5.75 Å². The molecule has 1 amide bonds. The van der Waals surface area contributed by atoms with Crippen LogP contribution in [0, 0.1) is 6.92 Å². The topological polar surface area (TPSA) is 54.5 Å². The molecule has 0 saturated carbocycles. The van der Waals surface area contributed by atoms with Crippen LogP contribution in [0.3, 0.4) is 0 Å². The molecule has 0 bridgehead atoms. The van der Waals surface area contributed by atoms with Crippen molar-refractivity contribution in [2.75, 3.05) is 26.7 Å². The summed E-state index contributed by atoms with van der Waals surface area (Å²) in [6.07, 6.45) is 2.01. The Labute approximate surface area is 153 Å². The van der Waals surface area contributed by atoms with Crippen molar-refractivity contribution >= 4 is 17.2 Å². The number of aryl methyl sites for hydroxylation is 1. The van der Waals surface area contributed by atoms with E-state index in [4.69, 9.17) is 4.74 Å². The van der Waals surface area contributed by atoms with Crippen molar-refractivity contribution in [3.05, 3.63) is 34.8 Å². The van der Waals surface area contributed by atoms with Crippen molar-refractivity contribution in [1.82, 2.24) is 15.2 Å². The largest absolute Gasteiger partial charge is 0.494 e. The van der Waals surface area contributed by atoms with Crippen molar-refractivity contribution in [2.24, 2.45) is 0 Å². The molecule has 0 unspecified atom stereocenters. The van der Waals surface area contributed by atoms with E-state index in [0.717, 1.165) is 52.8 Å². The van der Waals surface area contributed by atoms with Crippen LogP contribution in [-0.4, -0.2) is 48.6 Å². The highest BCUT2D eigenvalue weighted by Crippen LogP contribution is 2.30. The highest BCUT2D eigenvalue weighted by atomic mass is 32.1. The normalized spacial score (nSPS) is 15.2. The Bertz CT molecular complexity index is 721. The van der Waals surface area contributed by atoms with Crippen LogP contribution in [0.1, 0.15) is 35.1 Å². The molecular formula is C19H25N3O2S. The van der Waals surface area contributed by atoms with E-state index in [-0.39, 0.29) is 5.91 Å². The molecule has 1 saturated heterocycles. The van der Waals surface area contributed by atoms with Crippen molar-refractivity contribution in [3.8, 4) is 16.3 Å². The second kappa shape index (κ2) is 7.97. The molecule has 0 aliphatic carbocycles. The van der Waals surface area contributed by atoms with E-state index < -0.39 is 0 Å². The molecule has 0 radical (unpaired) electrons. The second-order valence-electron chi connectivity index (χ2n) is 6.29. The Hall–Kier alpha value is -1.92. The van der Waals surface area contributed by atoms with Crippen LogP contribution in [0.15, 0.2) is 24.3 Å². The SMILES string of the molecule is CCOc1ccc(-c2nc(C)c(C(=O)N(C)C3CCNCC3)s2)cc1. The lowest BCUT2D eigenvalue weighted by molar-refractivity contribution is 0.0707. The van der Waals surface area contributed by atoms with Gasteiger partial charge in [0, 0.05) is 18.7 Å². The highest BCUT2D eigenvalue weighted by Gasteiger charge is 2.26. The summed E-state index contributed by atoms with van der Waals surface area (Å²) in [5.74, 6) is 0.931. The van der Waals surface area contributed by atoms with Gasteiger partial charge >= 0.3 is 0 Å². The van der Waals surface area contributed by atoms with Gasteiger partial charge in [-0.25, -0.2) is 4.98 Å². The number of carbonyl (C=O) groups excluding carboxylic acids is 1. The first-order valence-electron chi connectivity index (χ1n) is 8.78. The maximum absolute atomic E-state index is 12.9. The number of ether oxygens (including phenoxy) is 1. The molecule has 3 rings (SSSR count). The average molecular weight is 359 g/mol. The number of hydrogen-bond acceptors (Lipinski definition) is 5. The van der Waals surface area contributed by atoms with Gasteiger partial charge in [-0.15, -0.1) is 11.3 Å². The van der Waals surface area contributed by atoms with Crippen LogP contribution in [0.25, 0.3) is 10.6 Å². The summed E-state index contributed by atoms with van der Waals surface area (Å²) in [6, 6.07) is 8.18. The van der Waals surface area contributed by atoms with E-state index in [1.807, 2.05) is 50.1 Å². The molecule has 6 heteroatoms. The Morgan fingerprint density at radius 1 is 1.32 bits per heavy atom. The summed E-state index contributed by atoms with van der Waals surface area (Å²) in [6.45, 7) is 6.48. The molecule has 1 aliphatic rings. The van der Waals surface area contributed by atoms with Gasteiger partial charge in [-0.3, -0.25) is 4.79 Å². The van der Waals surface area contributed by atoms with Gasteiger partial charge in [0.05, 0.1) is 12.3 Å². The summed E-state index contributed by atoms with van der Waals surface area (Å²) in [5.41, 5.74) is 1.82. The van der Waals surface area contributed by atoms with E-state index in [1.54, 1.807) is 0 Å². The average Bonchev–Trinajstić information content (AvgIpc) is 3.04. The van der Waals surface area contributed by atoms with Crippen molar-refractivity contribution < 1.29 is 9.53 Å². The molecule has 1 fully saturated rings. The van der Waals surface area contributed by atoms with Gasteiger partial charge in [-0.1, -0.05) is 0 Å². The maximum atomic E-state index is 12.9. The lowest BCUT2D eigenvalue weighted by atomic mass is 10.1. The molecule has 1 N–H and O–H groups in total. The number of hydrogen-bond donors (Lipinski definition) is 1. The van der Waals surface area contributed by atoms with Crippen molar-refractivity contribution in [3.63, 3.8) is 0 Å². The number of benzene rings is 1. The number of amides is 1. The Kier molecular flexibility index (Phi) is 5.71. The number of nitrogens with one attached hydrogen (secondary N) is 1. The fourth-order valence-corrected chi connectivity index (χ4v) is 4.15. The van der Waals surface area contributed by atoms with Gasteiger partial charge in [-0.05, 0) is 64.0 Å². The maximum Gasteiger partial charge on any atom is 0.265 e. The van der Waals surface area contributed by atoms with E-state index in [9.17, 15) is 4.79 Å². The number of nitrogens with zero attached hydrogens (tertiary/aromatic N) is 2. The van der Waals surface area contributed by atoms with Gasteiger partial charge in [0.25, 0.3) is 5.91 Å². The standard InChI is InChI=1S/C19H25N3O2S/c1-4-24-16-7-5-14(6-8-16)18-21-13(2)17(25-18)19(23)22(3)15-9-11-20-12-10-15/h5-8,15,20H,4,9-12H2,1-3H3. The first-order chi connectivity index (χ1) is 12.1. The van der Waals surface area contributed by atoms with Gasteiger partial charge in [-0.2, -0.15) is 0 Å². The van der Waals surface area contributed by atoms with Crippen molar-refractivity contribution in [1.29, 1.82) is 0 Å². The summed E-state index contributed by atoms with van der Waals surface area (Å²) in [4.78, 5) is 20.2. The van der Waals surface area contributed by atoms with E-state index >= 15 is 0 Å². The molecule has 25 heavy (non-hydrogen) atoms. The third-order valence-corrected chi connectivity index (χ3v) is 5.77. The Morgan fingerprint density at radius 3 is 2.64 bits per heavy atom. The molecule has 1 aromatic carbocycles. The minimum Gasteiger partial charge on any atom is -0.494 e. The number of aromatic nitrogens is 1. The first-order valence-corrected chi connectivity index (χ1v) is 9.60. The molecule has 2 aromatic rings. The van der Waals surface area contributed by atoms with Gasteiger partial charge in [0.1, 0.15) is 15.6 Å². The van der Waals surface area contributed by atoms with Crippen LogP contribution < -0.4 is 10.1 Å². The monoisotopic (exact) mass is 359 g/mol. The van der Waals surface area contributed by atoms with E-state index in [1.165, 1.54) is 11.3 Å². The fraction of sp³-hybridized carbons (Fsp3) is 0.474. The molecular weight excluding hydrogens is 334 g/mol. The van der Waals surface area contributed by atoms with Gasteiger partial charge in [0.15, 0.2) is 0 Å². The molecule has 2 heterocycles. The van der Waals surface area contributed by atoms with Crippen LogP contribution in [0.2, 0.25) is 0 Å². The Morgan fingerprint density at radius 2 is 2.00 bits per heavy atom. The number of piperidine rings is 1. The third-order valence-electron chi connectivity index (χ3n) is 4.58. The number of rotatable bonds is 5. The lowest BCUT2D eigenvalue weighted by Crippen LogP contribution is -2.43. The van der Waals surface area contributed by atoms with Crippen molar-refractivity contribution in [2.45, 2.75) is 32.7 Å². The molecule has 0 spiro atoms. The molecule has 5 nitrogen and oxygen atoms in total. The first kappa shape index (κ1) is 17.9. The third kappa shape index (κ3) is 4.02. The Balaban J connectivity index is 1.78. The number of thiazole rings is 1. The van der Waals surface area contributed by atoms with Gasteiger partial charge in [0.2, 0.25) is 0 Å². The summed E-state index contributed by atoms with van der Waals surface area (Å²) < 4.78 is 5.48. The zero-order chi connectivity index (χ0) is 17.8. The fourth-order valence-electron chi connectivity index (χ4n) is 3.10. The zero-order valence-corrected chi connectivity index (χ0v) is 15.9. The minimum absolute atomic E-state index is 0.0825. The smallest absolute Gasteiger partial charge is 0.265 e. The van der Waals surface area contributed by atoms with Crippen LogP contribution in [0.4, 0.5) is 0 Å². The summed E-state index contributed by atoms with van der Waals surface area (Å²) >= 11 is 1.47. The summed E-state index contributed by atoms with van der Waals surface area (Å²) in [7, 11) is 1.91. The number of carbonyl (C=O) groups is 1. The lowest BCUT2D eigenvalue weighted by Gasteiger charge is -2.31. The summed E-state index contributed by atoms with van der Waals surface area (Å²) in [5, 5.41) is 4.22. The molecule has 1 aromatic heterocycles. The predicted molar refractivity (Wildman–Crippen MR) is 101 cm³/mol. The molecule has 134 valence electrons.